The quantitative estimate of drug-likeness (QED) is 0.867. The highest BCUT2D eigenvalue weighted by atomic mass is 19.3. The number of benzene rings is 2. The first-order valence-corrected chi connectivity index (χ1v) is 7.91. The Hall–Kier alpha value is -2.60. The molecular weight excluding hydrogens is 328 g/mol. The summed E-state index contributed by atoms with van der Waals surface area (Å²) in [6, 6.07) is 14.8. The van der Waals surface area contributed by atoms with E-state index in [-0.39, 0.29) is 29.9 Å². The zero-order valence-electron chi connectivity index (χ0n) is 13.4. The number of ketones is 1. The van der Waals surface area contributed by atoms with Gasteiger partial charge < -0.3 is 10.0 Å². The van der Waals surface area contributed by atoms with Crippen molar-refractivity contribution in [3.8, 4) is 0 Å². The SMILES string of the molecule is O=C(c1ccccc1)c1ccccc1C(=O)N1CC[C@@](O)(C(F)F)C1. The lowest BCUT2D eigenvalue weighted by atomic mass is 9.97. The first-order valence-electron chi connectivity index (χ1n) is 7.91. The second-order valence-electron chi connectivity index (χ2n) is 6.12. The topological polar surface area (TPSA) is 57.6 Å². The van der Waals surface area contributed by atoms with Crippen molar-refractivity contribution in [3.05, 3.63) is 71.3 Å². The number of rotatable bonds is 4. The molecule has 2 aromatic rings. The predicted octanol–water partition coefficient (Wildman–Crippen LogP) is 2.76. The first kappa shape index (κ1) is 17.2. The molecule has 0 saturated carbocycles. The minimum atomic E-state index is -2.92. The number of amides is 1. The molecule has 0 aliphatic carbocycles. The van der Waals surface area contributed by atoms with Crippen LogP contribution < -0.4 is 0 Å². The van der Waals surface area contributed by atoms with E-state index < -0.39 is 24.5 Å². The summed E-state index contributed by atoms with van der Waals surface area (Å²) in [6.07, 6.45) is -3.11. The normalized spacial score (nSPS) is 20.1. The molecule has 1 fully saturated rings. The van der Waals surface area contributed by atoms with Gasteiger partial charge in [0.25, 0.3) is 12.3 Å². The van der Waals surface area contributed by atoms with Crippen molar-refractivity contribution in [2.45, 2.75) is 18.4 Å². The van der Waals surface area contributed by atoms with Gasteiger partial charge in [0.15, 0.2) is 5.78 Å². The van der Waals surface area contributed by atoms with E-state index in [1.165, 1.54) is 17.0 Å². The van der Waals surface area contributed by atoms with Gasteiger partial charge in [-0.2, -0.15) is 0 Å². The summed E-state index contributed by atoms with van der Waals surface area (Å²) in [7, 11) is 0. The molecule has 6 heteroatoms. The molecule has 0 bridgehead atoms. The smallest absolute Gasteiger partial charge is 0.268 e. The van der Waals surface area contributed by atoms with Crippen molar-refractivity contribution in [3.63, 3.8) is 0 Å². The molecule has 0 aromatic heterocycles. The number of nitrogens with zero attached hydrogens (tertiary/aromatic N) is 1. The largest absolute Gasteiger partial charge is 0.382 e. The van der Waals surface area contributed by atoms with Gasteiger partial charge in [-0.15, -0.1) is 0 Å². The number of likely N-dealkylation sites (tertiary alicyclic amines) is 1. The fourth-order valence-electron chi connectivity index (χ4n) is 2.95. The molecule has 1 aliphatic rings. The van der Waals surface area contributed by atoms with E-state index in [1.54, 1.807) is 42.5 Å². The van der Waals surface area contributed by atoms with Gasteiger partial charge in [0.05, 0.1) is 12.1 Å². The number of hydrogen-bond acceptors (Lipinski definition) is 3. The van der Waals surface area contributed by atoms with Gasteiger partial charge in [0.2, 0.25) is 0 Å². The van der Waals surface area contributed by atoms with Gasteiger partial charge in [-0.1, -0.05) is 48.5 Å². The maximum Gasteiger partial charge on any atom is 0.268 e. The molecule has 1 N–H and O–H groups in total. The molecule has 130 valence electrons. The Bertz CT molecular complexity index is 794. The summed E-state index contributed by atoms with van der Waals surface area (Å²) < 4.78 is 25.9. The van der Waals surface area contributed by atoms with Crippen LogP contribution in [-0.2, 0) is 0 Å². The van der Waals surface area contributed by atoms with Gasteiger partial charge in [-0.25, -0.2) is 8.78 Å². The Kier molecular flexibility index (Phi) is 4.63. The molecule has 1 amide bonds. The van der Waals surface area contributed by atoms with Crippen molar-refractivity contribution in [1.82, 2.24) is 4.90 Å². The van der Waals surface area contributed by atoms with Gasteiger partial charge in [-0.05, 0) is 6.07 Å². The molecule has 1 atom stereocenters. The summed E-state index contributed by atoms with van der Waals surface area (Å²) in [5.74, 6) is -0.843. The highest BCUT2D eigenvalue weighted by Crippen LogP contribution is 2.29. The second-order valence-corrected chi connectivity index (χ2v) is 6.12. The van der Waals surface area contributed by atoms with E-state index >= 15 is 0 Å². The molecule has 1 heterocycles. The molecule has 25 heavy (non-hydrogen) atoms. The van der Waals surface area contributed by atoms with Crippen molar-refractivity contribution in [2.24, 2.45) is 0 Å². The number of carbonyl (C=O) groups excluding carboxylic acids is 2. The van der Waals surface area contributed by atoms with E-state index in [2.05, 4.69) is 0 Å². The fraction of sp³-hybridized carbons (Fsp3) is 0.263. The molecule has 0 spiro atoms. The maximum absolute atomic E-state index is 13.0. The summed E-state index contributed by atoms with van der Waals surface area (Å²) >= 11 is 0. The number of carbonyl (C=O) groups is 2. The van der Waals surface area contributed by atoms with Crippen LogP contribution in [0.2, 0.25) is 0 Å². The minimum absolute atomic E-state index is 0.0214. The van der Waals surface area contributed by atoms with Crippen LogP contribution in [0.5, 0.6) is 0 Å². The number of alkyl halides is 2. The van der Waals surface area contributed by atoms with E-state index in [9.17, 15) is 23.5 Å². The van der Waals surface area contributed by atoms with E-state index in [0.29, 0.717) is 5.56 Å². The predicted molar refractivity (Wildman–Crippen MR) is 87.8 cm³/mol. The number of β-amino-alcohol motifs (C(OH)–C–C–N with tert-alkyl or cyclic N) is 1. The zero-order chi connectivity index (χ0) is 18.0. The van der Waals surface area contributed by atoms with Crippen molar-refractivity contribution < 1.29 is 23.5 Å². The van der Waals surface area contributed by atoms with E-state index in [1.807, 2.05) is 0 Å². The third kappa shape index (κ3) is 3.30. The van der Waals surface area contributed by atoms with Crippen LogP contribution in [0, 0.1) is 0 Å². The Balaban J connectivity index is 1.89. The fourth-order valence-corrected chi connectivity index (χ4v) is 2.95. The summed E-state index contributed by atoms with van der Waals surface area (Å²) in [4.78, 5) is 26.6. The molecule has 0 radical (unpaired) electrons. The molecule has 0 unspecified atom stereocenters. The highest BCUT2D eigenvalue weighted by Gasteiger charge is 2.45. The molecule has 1 saturated heterocycles. The van der Waals surface area contributed by atoms with Crippen molar-refractivity contribution >= 4 is 11.7 Å². The summed E-state index contributed by atoms with van der Waals surface area (Å²) in [6.45, 7) is -0.426. The molecule has 1 aliphatic heterocycles. The lowest BCUT2D eigenvalue weighted by Gasteiger charge is -2.23. The van der Waals surface area contributed by atoms with Crippen LogP contribution in [0.1, 0.15) is 32.7 Å². The van der Waals surface area contributed by atoms with Crippen LogP contribution in [-0.4, -0.2) is 46.8 Å². The van der Waals surface area contributed by atoms with Gasteiger partial charge in [-0.3, -0.25) is 9.59 Å². The van der Waals surface area contributed by atoms with Crippen molar-refractivity contribution in [1.29, 1.82) is 0 Å². The summed E-state index contributed by atoms with van der Waals surface area (Å²) in [5.41, 5.74) is -1.39. The lowest BCUT2D eigenvalue weighted by molar-refractivity contribution is -0.0855. The molecule has 2 aromatic carbocycles. The first-order chi connectivity index (χ1) is 11.9. The molecule has 3 rings (SSSR count). The van der Waals surface area contributed by atoms with Gasteiger partial charge >= 0.3 is 0 Å². The van der Waals surface area contributed by atoms with E-state index in [4.69, 9.17) is 0 Å². The standard InChI is InChI=1S/C19H17F2NO3/c20-18(21)19(25)10-11-22(12-19)17(24)15-9-5-4-8-14(15)16(23)13-6-2-1-3-7-13/h1-9,18,25H,10-12H2/t19-/m0/s1. The second kappa shape index (κ2) is 6.72. The van der Waals surface area contributed by atoms with E-state index in [0.717, 1.165) is 0 Å². The zero-order valence-corrected chi connectivity index (χ0v) is 13.4. The number of halogens is 2. The highest BCUT2D eigenvalue weighted by molar-refractivity contribution is 6.15. The van der Waals surface area contributed by atoms with Crippen LogP contribution in [0.3, 0.4) is 0 Å². The number of hydrogen-bond donors (Lipinski definition) is 1. The van der Waals surface area contributed by atoms with Crippen LogP contribution in [0.15, 0.2) is 54.6 Å². The van der Waals surface area contributed by atoms with Crippen LogP contribution in [0.4, 0.5) is 8.78 Å². The third-order valence-corrected chi connectivity index (χ3v) is 4.41. The van der Waals surface area contributed by atoms with Crippen molar-refractivity contribution in [2.75, 3.05) is 13.1 Å². The van der Waals surface area contributed by atoms with Gasteiger partial charge in [0, 0.05) is 24.1 Å². The van der Waals surface area contributed by atoms with Crippen LogP contribution in [0.25, 0.3) is 0 Å². The minimum Gasteiger partial charge on any atom is -0.382 e. The average molecular weight is 345 g/mol. The number of aliphatic hydroxyl groups is 1. The van der Waals surface area contributed by atoms with Crippen LogP contribution >= 0.6 is 0 Å². The Morgan fingerprint density at radius 1 is 1.00 bits per heavy atom. The lowest BCUT2D eigenvalue weighted by Crippen LogP contribution is -2.41. The Labute approximate surface area is 143 Å². The summed E-state index contributed by atoms with van der Waals surface area (Å²) in [5, 5.41) is 9.88. The maximum atomic E-state index is 13.0. The average Bonchev–Trinajstić information content (AvgIpc) is 3.05. The monoisotopic (exact) mass is 345 g/mol. The van der Waals surface area contributed by atoms with Gasteiger partial charge in [0.1, 0.15) is 5.60 Å². The third-order valence-electron chi connectivity index (χ3n) is 4.41. The Morgan fingerprint density at radius 2 is 1.60 bits per heavy atom. The molecular formula is C19H17F2NO3. The Morgan fingerprint density at radius 3 is 2.20 bits per heavy atom. The molecule has 4 nitrogen and oxygen atoms in total.